The number of anilines is 1. The van der Waals surface area contributed by atoms with E-state index >= 15 is 0 Å². The van der Waals surface area contributed by atoms with Gasteiger partial charge in [0.05, 0.1) is 6.61 Å². The number of benzene rings is 2. The van der Waals surface area contributed by atoms with Gasteiger partial charge in [-0.1, -0.05) is 36.4 Å². The van der Waals surface area contributed by atoms with Crippen LogP contribution in [0.1, 0.15) is 12.0 Å². The molecule has 0 saturated heterocycles. The van der Waals surface area contributed by atoms with Crippen LogP contribution >= 0.6 is 0 Å². The summed E-state index contributed by atoms with van der Waals surface area (Å²) in [5, 5.41) is 0. The molecule has 112 valence electrons. The molecule has 0 aromatic heterocycles. The lowest BCUT2D eigenvalue weighted by Crippen LogP contribution is -2.23. The molecule has 0 atom stereocenters. The van der Waals surface area contributed by atoms with E-state index in [1.54, 1.807) is 0 Å². The highest BCUT2D eigenvalue weighted by molar-refractivity contribution is 5.43. The van der Waals surface area contributed by atoms with E-state index in [1.807, 2.05) is 24.3 Å². The van der Waals surface area contributed by atoms with Gasteiger partial charge in [0.15, 0.2) is 0 Å². The van der Waals surface area contributed by atoms with E-state index in [0.717, 1.165) is 44.0 Å². The van der Waals surface area contributed by atoms with Gasteiger partial charge >= 0.3 is 0 Å². The number of hydrogen-bond acceptors (Lipinski definition) is 3. The Labute approximate surface area is 127 Å². The molecule has 0 unspecified atom stereocenters. The number of nitrogens with two attached hydrogens (primary N) is 1. The predicted octanol–water partition coefficient (Wildman–Crippen LogP) is 3.21. The van der Waals surface area contributed by atoms with Crippen molar-refractivity contribution in [2.24, 2.45) is 0 Å². The predicted molar refractivity (Wildman–Crippen MR) is 88.6 cm³/mol. The molecule has 3 nitrogen and oxygen atoms in total. The van der Waals surface area contributed by atoms with Crippen LogP contribution in [0.2, 0.25) is 0 Å². The minimum atomic E-state index is 0.721. The van der Waals surface area contributed by atoms with Gasteiger partial charge in [0.25, 0.3) is 0 Å². The first kappa shape index (κ1) is 15.4. The first-order chi connectivity index (χ1) is 10.2. The summed E-state index contributed by atoms with van der Waals surface area (Å²) < 4.78 is 5.69. The fourth-order valence-corrected chi connectivity index (χ4v) is 2.21. The zero-order valence-corrected chi connectivity index (χ0v) is 12.7. The Morgan fingerprint density at radius 3 is 2.57 bits per heavy atom. The van der Waals surface area contributed by atoms with E-state index in [9.17, 15) is 0 Å². The molecule has 0 aliphatic carbocycles. The third-order valence-corrected chi connectivity index (χ3v) is 3.44. The Hall–Kier alpha value is -2.00. The first-order valence-corrected chi connectivity index (χ1v) is 7.45. The van der Waals surface area contributed by atoms with Crippen molar-refractivity contribution in [2.45, 2.75) is 12.8 Å². The van der Waals surface area contributed by atoms with Crippen LogP contribution in [-0.4, -0.2) is 31.6 Å². The van der Waals surface area contributed by atoms with Crippen molar-refractivity contribution in [3.05, 3.63) is 60.2 Å². The Kier molecular flexibility index (Phi) is 6.10. The molecule has 0 fully saturated rings. The van der Waals surface area contributed by atoms with Gasteiger partial charge in [0.1, 0.15) is 5.75 Å². The van der Waals surface area contributed by atoms with Crippen LogP contribution < -0.4 is 10.5 Å². The molecule has 2 rings (SSSR count). The van der Waals surface area contributed by atoms with Crippen LogP contribution in [0.25, 0.3) is 0 Å². The molecule has 0 radical (unpaired) electrons. The highest BCUT2D eigenvalue weighted by Gasteiger charge is 2.00. The quantitative estimate of drug-likeness (QED) is 0.597. The SMILES string of the molecule is CN(CCCOc1cccc(N)c1)CCc1ccccc1. The van der Waals surface area contributed by atoms with E-state index in [2.05, 4.69) is 42.3 Å². The largest absolute Gasteiger partial charge is 0.493 e. The standard InChI is InChI=1S/C18H24N2O/c1-20(13-11-16-7-3-2-4-8-16)12-6-14-21-18-10-5-9-17(19)15-18/h2-5,7-10,15H,6,11-14,19H2,1H3. The molecule has 0 amide bonds. The van der Waals surface area contributed by atoms with Gasteiger partial charge in [-0.25, -0.2) is 0 Å². The van der Waals surface area contributed by atoms with Crippen molar-refractivity contribution in [2.75, 3.05) is 32.5 Å². The van der Waals surface area contributed by atoms with Crippen LogP contribution in [0.4, 0.5) is 5.69 Å². The fraction of sp³-hybridized carbons (Fsp3) is 0.333. The van der Waals surface area contributed by atoms with Gasteiger partial charge in [0.2, 0.25) is 0 Å². The second-order valence-corrected chi connectivity index (χ2v) is 5.31. The van der Waals surface area contributed by atoms with Crippen molar-refractivity contribution in [3.63, 3.8) is 0 Å². The maximum absolute atomic E-state index is 5.72. The summed E-state index contributed by atoms with van der Waals surface area (Å²) >= 11 is 0. The van der Waals surface area contributed by atoms with Crippen LogP contribution in [0.5, 0.6) is 5.75 Å². The normalized spacial score (nSPS) is 10.8. The number of ether oxygens (including phenoxy) is 1. The van der Waals surface area contributed by atoms with Gasteiger partial charge in [0, 0.05) is 24.8 Å². The molecule has 0 heterocycles. The van der Waals surface area contributed by atoms with E-state index in [-0.39, 0.29) is 0 Å². The smallest absolute Gasteiger partial charge is 0.121 e. The highest BCUT2D eigenvalue weighted by Crippen LogP contribution is 2.14. The highest BCUT2D eigenvalue weighted by atomic mass is 16.5. The molecule has 0 bridgehead atoms. The summed E-state index contributed by atoms with van der Waals surface area (Å²) in [4.78, 5) is 2.34. The summed E-state index contributed by atoms with van der Waals surface area (Å²) in [5.41, 5.74) is 7.85. The molecule has 0 saturated carbocycles. The third-order valence-electron chi connectivity index (χ3n) is 3.44. The van der Waals surface area contributed by atoms with Crippen LogP contribution in [-0.2, 0) is 6.42 Å². The molecular weight excluding hydrogens is 260 g/mol. The topological polar surface area (TPSA) is 38.5 Å². The second-order valence-electron chi connectivity index (χ2n) is 5.31. The minimum Gasteiger partial charge on any atom is -0.493 e. The average Bonchev–Trinajstić information content (AvgIpc) is 2.51. The molecule has 0 aliphatic rings. The van der Waals surface area contributed by atoms with E-state index < -0.39 is 0 Å². The lowest BCUT2D eigenvalue weighted by atomic mass is 10.1. The zero-order valence-electron chi connectivity index (χ0n) is 12.7. The van der Waals surface area contributed by atoms with Gasteiger partial charge in [-0.15, -0.1) is 0 Å². The zero-order chi connectivity index (χ0) is 14.9. The van der Waals surface area contributed by atoms with E-state index in [4.69, 9.17) is 10.5 Å². The third kappa shape index (κ3) is 5.88. The lowest BCUT2D eigenvalue weighted by molar-refractivity contribution is 0.264. The molecular formula is C18H24N2O. The molecule has 21 heavy (non-hydrogen) atoms. The van der Waals surface area contributed by atoms with Crippen LogP contribution in [0, 0.1) is 0 Å². The molecule has 2 N–H and O–H groups in total. The van der Waals surface area contributed by atoms with E-state index in [0.29, 0.717) is 0 Å². The molecule has 2 aromatic carbocycles. The number of likely N-dealkylation sites (N-methyl/N-ethyl adjacent to an activating group) is 1. The van der Waals surface area contributed by atoms with Crippen LogP contribution in [0.15, 0.2) is 54.6 Å². The molecule has 2 aromatic rings. The van der Waals surface area contributed by atoms with Crippen molar-refractivity contribution in [1.29, 1.82) is 0 Å². The van der Waals surface area contributed by atoms with Crippen molar-refractivity contribution >= 4 is 5.69 Å². The summed E-state index contributed by atoms with van der Waals surface area (Å²) in [7, 11) is 2.16. The summed E-state index contributed by atoms with van der Waals surface area (Å²) in [6.07, 6.45) is 2.10. The Morgan fingerprint density at radius 2 is 1.81 bits per heavy atom. The fourth-order valence-electron chi connectivity index (χ4n) is 2.21. The maximum Gasteiger partial charge on any atom is 0.121 e. The second kappa shape index (κ2) is 8.32. The summed E-state index contributed by atoms with van der Waals surface area (Å²) in [6, 6.07) is 18.2. The average molecular weight is 284 g/mol. The van der Waals surface area contributed by atoms with Crippen molar-refractivity contribution < 1.29 is 4.74 Å². The van der Waals surface area contributed by atoms with Gasteiger partial charge in [-0.3, -0.25) is 0 Å². The van der Waals surface area contributed by atoms with Crippen LogP contribution in [0.3, 0.4) is 0 Å². The lowest BCUT2D eigenvalue weighted by Gasteiger charge is -2.16. The van der Waals surface area contributed by atoms with E-state index in [1.165, 1.54) is 5.56 Å². The van der Waals surface area contributed by atoms with Gasteiger partial charge in [-0.05, 0) is 37.6 Å². The summed E-state index contributed by atoms with van der Waals surface area (Å²) in [5.74, 6) is 0.849. The number of rotatable bonds is 8. The molecule has 0 aliphatic heterocycles. The van der Waals surface area contributed by atoms with Gasteiger partial charge in [-0.2, -0.15) is 0 Å². The first-order valence-electron chi connectivity index (χ1n) is 7.45. The van der Waals surface area contributed by atoms with Crippen molar-refractivity contribution in [1.82, 2.24) is 4.90 Å². The van der Waals surface area contributed by atoms with Gasteiger partial charge < -0.3 is 15.4 Å². The number of hydrogen-bond donors (Lipinski definition) is 1. The molecule has 3 heteroatoms. The maximum atomic E-state index is 5.72. The number of nitrogens with zero attached hydrogens (tertiary/aromatic N) is 1. The Morgan fingerprint density at radius 1 is 1.00 bits per heavy atom. The minimum absolute atomic E-state index is 0.721. The van der Waals surface area contributed by atoms with Crippen molar-refractivity contribution in [3.8, 4) is 5.75 Å². The number of nitrogen functional groups attached to an aromatic ring is 1. The Bertz CT molecular complexity index is 528. The Balaban J connectivity index is 1.60. The molecule has 0 spiro atoms. The monoisotopic (exact) mass is 284 g/mol. The summed E-state index contributed by atoms with van der Waals surface area (Å²) in [6.45, 7) is 2.83.